The van der Waals surface area contributed by atoms with Crippen molar-refractivity contribution in [2.75, 3.05) is 13.3 Å². The summed E-state index contributed by atoms with van der Waals surface area (Å²) in [6.45, 7) is 1.03. The van der Waals surface area contributed by atoms with Gasteiger partial charge in [-0.25, -0.2) is 4.98 Å². The molecule has 2 heterocycles. The number of nitrogens with one attached hydrogen (secondary N) is 1. The van der Waals surface area contributed by atoms with Crippen molar-refractivity contribution in [2.24, 2.45) is 0 Å². The SMILES string of the molecule is CC1(O)CC(n2cnc3cc(OCC4CC(c5ccc(C(F)(F)F)cc5)CC(CCF)N4)cc(C(F)(F)F)c32)C1. The largest absolute Gasteiger partial charge is 0.492 e. The Bertz CT molecular complexity index is 1330. The Kier molecular flexibility index (Phi) is 7.54. The molecule has 3 aromatic rings. The Labute approximate surface area is 226 Å². The third-order valence-electron chi connectivity index (χ3n) is 7.92. The van der Waals surface area contributed by atoms with Gasteiger partial charge < -0.3 is 19.7 Å². The molecule has 1 saturated carbocycles. The molecule has 2 aliphatic rings. The van der Waals surface area contributed by atoms with Crippen LogP contribution < -0.4 is 10.1 Å². The van der Waals surface area contributed by atoms with Crippen molar-refractivity contribution >= 4 is 11.0 Å². The quantitative estimate of drug-likeness (QED) is 0.305. The van der Waals surface area contributed by atoms with Crippen molar-refractivity contribution in [3.63, 3.8) is 0 Å². The van der Waals surface area contributed by atoms with Crippen LogP contribution in [0.1, 0.15) is 67.7 Å². The van der Waals surface area contributed by atoms with E-state index < -0.39 is 35.8 Å². The van der Waals surface area contributed by atoms with Gasteiger partial charge in [-0.15, -0.1) is 0 Å². The molecule has 3 unspecified atom stereocenters. The summed E-state index contributed by atoms with van der Waals surface area (Å²) >= 11 is 0. The minimum Gasteiger partial charge on any atom is -0.492 e. The van der Waals surface area contributed by atoms with Crippen LogP contribution >= 0.6 is 0 Å². The Morgan fingerprint density at radius 3 is 2.30 bits per heavy atom. The summed E-state index contributed by atoms with van der Waals surface area (Å²) in [5.41, 5.74) is -1.84. The highest BCUT2D eigenvalue weighted by atomic mass is 19.4. The molecule has 12 heteroatoms. The van der Waals surface area contributed by atoms with Crippen molar-refractivity contribution in [1.82, 2.24) is 14.9 Å². The molecule has 2 aromatic carbocycles. The average molecular weight is 574 g/mol. The summed E-state index contributed by atoms with van der Waals surface area (Å²) in [5.74, 6) is -0.191. The second-order valence-corrected chi connectivity index (χ2v) is 11.2. The molecule has 0 bridgehead atoms. The molecule has 0 spiro atoms. The Morgan fingerprint density at radius 1 is 1.02 bits per heavy atom. The lowest BCUT2D eigenvalue weighted by Crippen LogP contribution is -2.48. The van der Waals surface area contributed by atoms with Gasteiger partial charge in [0.1, 0.15) is 12.4 Å². The van der Waals surface area contributed by atoms with Gasteiger partial charge >= 0.3 is 12.4 Å². The molecule has 3 atom stereocenters. The highest BCUT2D eigenvalue weighted by Gasteiger charge is 2.42. The van der Waals surface area contributed by atoms with E-state index in [0.29, 0.717) is 31.2 Å². The standard InChI is InChI=1S/C28H30F7N3O2/c1-26(39)12-21(13-26)38-15-36-24-11-22(10-23(25(24)38)28(33,34)35)40-14-20-9-17(8-19(37-20)6-7-29)16-2-4-18(5-3-16)27(30,31)32/h2-5,10-11,15,17,19-21,37,39H,6-9,12-14H2,1H3. The molecule has 2 fully saturated rings. The van der Waals surface area contributed by atoms with Gasteiger partial charge in [0, 0.05) is 24.2 Å². The van der Waals surface area contributed by atoms with Crippen LogP contribution in [0, 0.1) is 0 Å². The van der Waals surface area contributed by atoms with E-state index in [2.05, 4.69) is 10.3 Å². The molecule has 2 N–H and O–H groups in total. The zero-order chi connectivity index (χ0) is 28.9. The van der Waals surface area contributed by atoms with Crippen LogP contribution in [0.4, 0.5) is 30.7 Å². The van der Waals surface area contributed by atoms with Crippen LogP contribution in [0.25, 0.3) is 11.0 Å². The second-order valence-electron chi connectivity index (χ2n) is 11.2. The van der Waals surface area contributed by atoms with E-state index in [1.807, 2.05) is 0 Å². The first-order valence-corrected chi connectivity index (χ1v) is 13.2. The van der Waals surface area contributed by atoms with Gasteiger partial charge in [0.25, 0.3) is 0 Å². The molecule has 40 heavy (non-hydrogen) atoms. The van der Waals surface area contributed by atoms with E-state index >= 15 is 0 Å². The van der Waals surface area contributed by atoms with Gasteiger partial charge in [0.2, 0.25) is 0 Å². The number of fused-ring (bicyclic) bond motifs is 1. The smallest absolute Gasteiger partial charge is 0.418 e. The molecule has 218 valence electrons. The number of aromatic nitrogens is 2. The first-order valence-electron chi connectivity index (χ1n) is 13.2. The molecular weight excluding hydrogens is 543 g/mol. The van der Waals surface area contributed by atoms with Crippen LogP contribution in [0.3, 0.4) is 0 Å². The molecule has 1 aromatic heterocycles. The number of nitrogens with zero attached hydrogens (tertiary/aromatic N) is 2. The number of hydrogen-bond acceptors (Lipinski definition) is 4. The third-order valence-corrected chi connectivity index (χ3v) is 7.92. The first kappa shape index (κ1) is 28.7. The number of ether oxygens (including phenoxy) is 1. The lowest BCUT2D eigenvalue weighted by Gasteiger charge is -2.41. The summed E-state index contributed by atoms with van der Waals surface area (Å²) in [4.78, 5) is 4.18. The molecule has 1 aliphatic heterocycles. The van der Waals surface area contributed by atoms with Crippen LogP contribution in [-0.2, 0) is 12.4 Å². The molecule has 5 rings (SSSR count). The lowest BCUT2D eigenvalue weighted by molar-refractivity contribution is -0.138. The van der Waals surface area contributed by atoms with Gasteiger partial charge in [-0.1, -0.05) is 12.1 Å². The molecule has 0 radical (unpaired) electrons. The number of aliphatic hydroxyl groups is 1. The minimum absolute atomic E-state index is 0.0189. The van der Waals surface area contributed by atoms with Crippen molar-refractivity contribution in [1.29, 1.82) is 0 Å². The number of halogens is 7. The topological polar surface area (TPSA) is 59.3 Å². The number of hydrogen-bond donors (Lipinski definition) is 2. The molecule has 1 saturated heterocycles. The van der Waals surface area contributed by atoms with Crippen LogP contribution in [-0.4, -0.2) is 45.6 Å². The van der Waals surface area contributed by atoms with Gasteiger partial charge in [-0.3, -0.25) is 4.39 Å². The van der Waals surface area contributed by atoms with E-state index in [0.717, 1.165) is 18.2 Å². The van der Waals surface area contributed by atoms with Gasteiger partial charge in [0.05, 0.1) is 40.8 Å². The highest BCUT2D eigenvalue weighted by Crippen LogP contribution is 2.45. The van der Waals surface area contributed by atoms with Crippen LogP contribution in [0.5, 0.6) is 5.75 Å². The zero-order valence-corrected chi connectivity index (χ0v) is 21.7. The number of benzene rings is 2. The third kappa shape index (κ3) is 6.07. The van der Waals surface area contributed by atoms with Gasteiger partial charge in [-0.2, -0.15) is 26.3 Å². The monoisotopic (exact) mass is 573 g/mol. The van der Waals surface area contributed by atoms with E-state index in [4.69, 9.17) is 4.74 Å². The fourth-order valence-electron chi connectivity index (χ4n) is 5.99. The second kappa shape index (κ2) is 10.5. The van der Waals surface area contributed by atoms with E-state index in [1.54, 1.807) is 6.92 Å². The van der Waals surface area contributed by atoms with E-state index in [-0.39, 0.29) is 53.9 Å². The predicted molar refractivity (Wildman–Crippen MR) is 134 cm³/mol. The Hall–Kier alpha value is -2.86. The fraction of sp³-hybridized carbons (Fsp3) is 0.536. The maximum atomic E-state index is 14.1. The summed E-state index contributed by atoms with van der Waals surface area (Å²) < 4.78 is 102. The summed E-state index contributed by atoms with van der Waals surface area (Å²) in [7, 11) is 0. The van der Waals surface area contributed by atoms with Gasteiger partial charge in [-0.05, 0) is 68.7 Å². The van der Waals surface area contributed by atoms with Crippen molar-refractivity contribution in [2.45, 2.75) is 81.0 Å². The van der Waals surface area contributed by atoms with E-state index in [1.165, 1.54) is 29.1 Å². The highest BCUT2D eigenvalue weighted by molar-refractivity contribution is 5.82. The molecule has 0 amide bonds. The lowest BCUT2D eigenvalue weighted by atomic mass is 9.77. The minimum atomic E-state index is -4.68. The average Bonchev–Trinajstić information content (AvgIpc) is 3.28. The van der Waals surface area contributed by atoms with Crippen LogP contribution in [0.2, 0.25) is 0 Å². The fourth-order valence-corrected chi connectivity index (χ4v) is 5.99. The Balaban J connectivity index is 1.34. The van der Waals surface area contributed by atoms with E-state index in [9.17, 15) is 35.8 Å². The maximum Gasteiger partial charge on any atom is 0.418 e. The normalized spacial score (nSPS) is 27.5. The predicted octanol–water partition coefficient (Wildman–Crippen LogP) is 6.80. The molecule has 5 nitrogen and oxygen atoms in total. The van der Waals surface area contributed by atoms with Gasteiger partial charge in [0.15, 0.2) is 0 Å². The molecular formula is C28H30F7N3O2. The van der Waals surface area contributed by atoms with Crippen LogP contribution in [0.15, 0.2) is 42.7 Å². The van der Waals surface area contributed by atoms with Crippen molar-refractivity contribution < 1.29 is 40.6 Å². The van der Waals surface area contributed by atoms with Crippen molar-refractivity contribution in [3.8, 4) is 5.75 Å². The summed E-state index contributed by atoms with van der Waals surface area (Å²) in [6.07, 6.45) is -5.97. The number of imidazole rings is 1. The zero-order valence-electron chi connectivity index (χ0n) is 21.7. The first-order chi connectivity index (χ1) is 18.7. The summed E-state index contributed by atoms with van der Waals surface area (Å²) in [5, 5.41) is 13.3. The number of piperidine rings is 1. The number of rotatable bonds is 7. The molecule has 1 aliphatic carbocycles. The summed E-state index contributed by atoms with van der Waals surface area (Å²) in [6, 6.07) is 6.33. The Morgan fingerprint density at radius 2 is 1.70 bits per heavy atom. The maximum absolute atomic E-state index is 14.1. The van der Waals surface area contributed by atoms with Crippen molar-refractivity contribution in [3.05, 3.63) is 59.4 Å². The number of alkyl halides is 7.